The minimum atomic E-state index is 0.728. The Labute approximate surface area is 78.6 Å². The minimum absolute atomic E-state index is 0.728. The fourth-order valence-corrected chi connectivity index (χ4v) is 2.07. The van der Waals surface area contributed by atoms with Gasteiger partial charge in [0.1, 0.15) is 4.70 Å². The molecular formula is C9H5N3S. The topological polar surface area (TPSA) is 38.7 Å². The van der Waals surface area contributed by atoms with Gasteiger partial charge in [0.2, 0.25) is 0 Å². The highest BCUT2D eigenvalue weighted by Crippen LogP contribution is 2.29. The van der Waals surface area contributed by atoms with Crippen LogP contribution < -0.4 is 0 Å². The van der Waals surface area contributed by atoms with E-state index in [1.807, 2.05) is 12.1 Å². The second kappa shape index (κ2) is 2.47. The van der Waals surface area contributed by atoms with E-state index in [-0.39, 0.29) is 0 Å². The molecule has 0 spiro atoms. The first-order valence-corrected chi connectivity index (χ1v) is 4.68. The predicted molar refractivity (Wildman–Crippen MR) is 51.8 cm³/mol. The molecule has 0 atom stereocenters. The molecule has 0 amide bonds. The highest BCUT2D eigenvalue weighted by atomic mass is 32.1. The first-order valence-electron chi connectivity index (χ1n) is 3.91. The van der Waals surface area contributed by atoms with Gasteiger partial charge in [-0.2, -0.15) is 0 Å². The van der Waals surface area contributed by atoms with E-state index in [2.05, 4.69) is 26.7 Å². The van der Waals surface area contributed by atoms with Crippen molar-refractivity contribution < 1.29 is 0 Å². The fraction of sp³-hybridized carbons (Fsp3) is 0. The molecule has 2 aliphatic rings. The first-order chi connectivity index (χ1) is 6.45. The van der Waals surface area contributed by atoms with E-state index in [0.717, 1.165) is 10.3 Å². The summed E-state index contributed by atoms with van der Waals surface area (Å²) in [4.78, 5) is 4.19. The summed E-state index contributed by atoms with van der Waals surface area (Å²) in [7, 11) is 0. The number of aromatic nitrogens is 3. The summed E-state index contributed by atoms with van der Waals surface area (Å²) in [5.41, 5.74) is 3.10. The van der Waals surface area contributed by atoms with Crippen LogP contribution in [0.4, 0.5) is 0 Å². The standard InChI is InChI=1S/C9H5N3S/c1-2-6-4-5-10-9-8(7(6)3-1)13-12-11-9/h1-5H. The van der Waals surface area contributed by atoms with Gasteiger partial charge in [0.05, 0.1) is 0 Å². The maximum atomic E-state index is 4.19. The fourth-order valence-electron chi connectivity index (χ4n) is 1.41. The van der Waals surface area contributed by atoms with Crippen LogP contribution in [0.3, 0.4) is 0 Å². The highest BCUT2D eigenvalue weighted by molar-refractivity contribution is 7.13. The van der Waals surface area contributed by atoms with Crippen LogP contribution in [-0.2, 0) is 0 Å². The van der Waals surface area contributed by atoms with Crippen molar-refractivity contribution in [2.24, 2.45) is 0 Å². The van der Waals surface area contributed by atoms with Crippen LogP contribution in [0, 0.1) is 0 Å². The third-order valence-electron chi connectivity index (χ3n) is 2.02. The molecule has 0 radical (unpaired) electrons. The predicted octanol–water partition coefficient (Wildman–Crippen LogP) is 2.19. The minimum Gasteiger partial charge on any atom is -0.234 e. The van der Waals surface area contributed by atoms with Gasteiger partial charge in [-0.1, -0.05) is 22.7 Å². The maximum Gasteiger partial charge on any atom is 0.195 e. The lowest BCUT2D eigenvalue weighted by atomic mass is 10.2. The number of nitrogens with zero attached hydrogens (tertiary/aromatic N) is 3. The molecular weight excluding hydrogens is 182 g/mol. The van der Waals surface area contributed by atoms with Crippen LogP contribution in [0.5, 0.6) is 0 Å². The van der Waals surface area contributed by atoms with Crippen molar-refractivity contribution in [3.8, 4) is 11.1 Å². The summed E-state index contributed by atoms with van der Waals surface area (Å²) in [5.74, 6) is 0. The number of fused-ring (bicyclic) bond motifs is 3. The van der Waals surface area contributed by atoms with Gasteiger partial charge in [-0.25, -0.2) is 4.98 Å². The van der Waals surface area contributed by atoms with E-state index in [1.165, 1.54) is 22.7 Å². The highest BCUT2D eigenvalue weighted by Gasteiger charge is 2.07. The van der Waals surface area contributed by atoms with Gasteiger partial charge in [0.15, 0.2) is 5.65 Å². The van der Waals surface area contributed by atoms with Crippen molar-refractivity contribution in [1.82, 2.24) is 14.6 Å². The quantitative estimate of drug-likeness (QED) is 0.541. The second-order valence-electron chi connectivity index (χ2n) is 2.77. The summed E-state index contributed by atoms with van der Waals surface area (Å²) in [6, 6.07) is 8.16. The lowest BCUT2D eigenvalue weighted by Gasteiger charge is -1.88. The Kier molecular flexibility index (Phi) is 1.31. The van der Waals surface area contributed by atoms with Gasteiger partial charge in [-0.05, 0) is 23.2 Å². The zero-order valence-electron chi connectivity index (χ0n) is 6.64. The van der Waals surface area contributed by atoms with Crippen molar-refractivity contribution in [1.29, 1.82) is 0 Å². The molecule has 0 aromatic carbocycles. The third kappa shape index (κ3) is 0.922. The summed E-state index contributed by atoms with van der Waals surface area (Å²) >= 11 is 1.39. The largest absolute Gasteiger partial charge is 0.234 e. The van der Waals surface area contributed by atoms with Crippen LogP contribution in [0.25, 0.3) is 21.5 Å². The molecule has 62 valence electrons. The van der Waals surface area contributed by atoms with Crippen LogP contribution in [-0.4, -0.2) is 14.6 Å². The van der Waals surface area contributed by atoms with Gasteiger partial charge >= 0.3 is 0 Å². The van der Waals surface area contributed by atoms with Gasteiger partial charge in [-0.3, -0.25) is 0 Å². The zero-order chi connectivity index (χ0) is 8.67. The van der Waals surface area contributed by atoms with Crippen molar-refractivity contribution in [2.75, 3.05) is 0 Å². The molecule has 1 aromatic rings. The van der Waals surface area contributed by atoms with Crippen molar-refractivity contribution in [2.45, 2.75) is 0 Å². The number of rotatable bonds is 0. The molecule has 0 N–H and O–H groups in total. The maximum absolute atomic E-state index is 4.19. The van der Waals surface area contributed by atoms with Crippen molar-refractivity contribution >= 4 is 21.9 Å². The summed E-state index contributed by atoms with van der Waals surface area (Å²) in [6.07, 6.45) is 1.77. The SMILES string of the molecule is c1cc2ccnc3nnsc3c-2c1. The molecule has 0 bridgehead atoms. The Morgan fingerprint density at radius 2 is 2.15 bits per heavy atom. The molecule has 4 heteroatoms. The van der Waals surface area contributed by atoms with E-state index in [9.17, 15) is 0 Å². The molecule has 1 aromatic heterocycles. The molecule has 3 rings (SSSR count). The van der Waals surface area contributed by atoms with E-state index in [0.29, 0.717) is 0 Å². The zero-order valence-corrected chi connectivity index (χ0v) is 7.45. The first kappa shape index (κ1) is 6.91. The second-order valence-corrected chi connectivity index (χ2v) is 3.52. The Hall–Kier alpha value is -1.55. The van der Waals surface area contributed by atoms with Gasteiger partial charge < -0.3 is 0 Å². The Morgan fingerprint density at radius 1 is 1.15 bits per heavy atom. The van der Waals surface area contributed by atoms with Gasteiger partial charge in [0.25, 0.3) is 0 Å². The van der Waals surface area contributed by atoms with E-state index < -0.39 is 0 Å². The monoisotopic (exact) mass is 187 g/mol. The van der Waals surface area contributed by atoms with Crippen molar-refractivity contribution in [3.63, 3.8) is 0 Å². The third-order valence-corrected chi connectivity index (χ3v) is 2.76. The summed E-state index contributed by atoms with van der Waals surface area (Å²) < 4.78 is 4.95. The molecule has 13 heavy (non-hydrogen) atoms. The summed E-state index contributed by atoms with van der Waals surface area (Å²) in [5, 5.41) is 3.95. The van der Waals surface area contributed by atoms with Crippen LogP contribution in [0.1, 0.15) is 0 Å². The van der Waals surface area contributed by atoms with E-state index >= 15 is 0 Å². The number of hydrogen-bond donors (Lipinski definition) is 0. The Bertz CT molecular complexity index is 531. The van der Waals surface area contributed by atoms with E-state index in [1.54, 1.807) is 6.20 Å². The average Bonchev–Trinajstić information content (AvgIpc) is 2.72. The molecule has 0 saturated heterocycles. The van der Waals surface area contributed by atoms with Crippen LogP contribution in [0.2, 0.25) is 0 Å². The molecule has 0 unspecified atom stereocenters. The molecule has 0 saturated carbocycles. The molecule has 2 heterocycles. The number of hydrogen-bond acceptors (Lipinski definition) is 4. The van der Waals surface area contributed by atoms with Gasteiger partial charge in [-0.15, -0.1) is 5.10 Å². The molecule has 3 nitrogen and oxygen atoms in total. The molecule has 0 fully saturated rings. The summed E-state index contributed by atoms with van der Waals surface area (Å²) in [6.45, 7) is 0. The Balaban J connectivity index is 2.58. The van der Waals surface area contributed by atoms with Crippen molar-refractivity contribution in [3.05, 3.63) is 30.5 Å². The van der Waals surface area contributed by atoms with E-state index in [4.69, 9.17) is 0 Å². The lowest BCUT2D eigenvalue weighted by Crippen LogP contribution is -1.68. The lowest BCUT2D eigenvalue weighted by molar-refractivity contribution is 1.16. The average molecular weight is 187 g/mol. The van der Waals surface area contributed by atoms with Crippen LogP contribution >= 0.6 is 11.5 Å². The van der Waals surface area contributed by atoms with Gasteiger partial charge in [0, 0.05) is 11.8 Å². The smallest absolute Gasteiger partial charge is 0.195 e. The van der Waals surface area contributed by atoms with Crippen LogP contribution in [0.15, 0.2) is 30.5 Å². The Morgan fingerprint density at radius 3 is 3.15 bits per heavy atom. The molecule has 1 aliphatic carbocycles. The molecule has 1 aliphatic heterocycles. The normalized spacial score (nSPS) is 11.1.